The summed E-state index contributed by atoms with van der Waals surface area (Å²) in [6.45, 7) is 0. The number of non-ortho nitro benzene ring substituents is 1. The van der Waals surface area contributed by atoms with Gasteiger partial charge in [-0.2, -0.15) is 0 Å². The van der Waals surface area contributed by atoms with Crippen molar-refractivity contribution in [2.75, 3.05) is 19.1 Å². The minimum atomic E-state index is -0.782. The minimum Gasteiger partial charge on any atom is -0.493 e. The zero-order chi connectivity index (χ0) is 24.2. The molecule has 0 fully saturated rings. The number of nitro groups is 1. The Balaban J connectivity index is 1.65. The maximum Gasteiger partial charge on any atom is 0.323 e. The fourth-order valence-corrected chi connectivity index (χ4v) is 3.48. The fourth-order valence-electron chi connectivity index (χ4n) is 3.48. The molecule has 0 spiro atoms. The van der Waals surface area contributed by atoms with Crippen LogP contribution in [-0.4, -0.2) is 30.2 Å². The molecule has 10 heteroatoms. The minimum absolute atomic E-state index is 0.152. The molecule has 4 aromatic rings. The lowest BCUT2D eigenvalue weighted by atomic mass is 10.1. The number of benzene rings is 3. The first-order chi connectivity index (χ1) is 16.4. The Morgan fingerprint density at radius 3 is 2.29 bits per heavy atom. The van der Waals surface area contributed by atoms with Gasteiger partial charge in [-0.3, -0.25) is 20.0 Å². The average Bonchev–Trinajstić information content (AvgIpc) is 2.84. The molecule has 34 heavy (non-hydrogen) atoms. The number of anilines is 2. The monoisotopic (exact) mass is 460 g/mol. The summed E-state index contributed by atoms with van der Waals surface area (Å²) >= 11 is 0. The van der Waals surface area contributed by atoms with Gasteiger partial charge in [-0.1, -0.05) is 6.07 Å². The maximum atomic E-state index is 12.1. The normalized spacial score (nSPS) is 10.5. The van der Waals surface area contributed by atoms with Crippen molar-refractivity contribution in [3.05, 3.63) is 83.0 Å². The summed E-state index contributed by atoms with van der Waals surface area (Å²) in [5, 5.41) is 11.8. The zero-order valence-electron chi connectivity index (χ0n) is 18.3. The molecule has 0 aliphatic carbocycles. The molecule has 0 saturated heterocycles. The van der Waals surface area contributed by atoms with E-state index in [1.165, 1.54) is 23.1 Å². The molecule has 0 atom stereocenters. The highest BCUT2D eigenvalue weighted by Gasteiger charge is 2.18. The largest absolute Gasteiger partial charge is 0.493 e. The Labute approximate surface area is 194 Å². The molecule has 0 aliphatic heterocycles. The van der Waals surface area contributed by atoms with E-state index >= 15 is 0 Å². The van der Waals surface area contributed by atoms with E-state index in [2.05, 4.69) is 4.98 Å². The highest BCUT2D eigenvalue weighted by atomic mass is 16.6. The summed E-state index contributed by atoms with van der Waals surface area (Å²) in [6.07, 6.45) is 1.62. The van der Waals surface area contributed by atoms with E-state index in [1.54, 1.807) is 68.9 Å². The summed E-state index contributed by atoms with van der Waals surface area (Å²) < 4.78 is 16.8. The molecule has 0 radical (unpaired) electrons. The molecule has 0 saturated carbocycles. The van der Waals surface area contributed by atoms with Crippen LogP contribution in [0.4, 0.5) is 21.9 Å². The molecular formula is C24H20N4O6. The number of carbonyl (C=O) groups is 1. The lowest BCUT2D eigenvalue weighted by Gasteiger charge is -2.21. The molecule has 1 heterocycles. The first-order valence-corrected chi connectivity index (χ1v) is 10.0. The van der Waals surface area contributed by atoms with Crippen molar-refractivity contribution in [1.29, 1.82) is 0 Å². The third-order valence-corrected chi connectivity index (χ3v) is 5.05. The predicted molar refractivity (Wildman–Crippen MR) is 126 cm³/mol. The third-order valence-electron chi connectivity index (χ3n) is 5.05. The van der Waals surface area contributed by atoms with Gasteiger partial charge in [0.05, 0.1) is 36.0 Å². The first kappa shape index (κ1) is 22.3. The standard InChI is InChI=1S/C24H20N4O6/c1-32-22-13-19-20(14-23(22)33-2)26-11-10-21(19)34-18-8-6-15(7-9-18)27(24(25)29)16-4-3-5-17(12-16)28(30)31/h3-14H,1-2H3,(H2,25,29). The van der Waals surface area contributed by atoms with Crippen molar-refractivity contribution in [1.82, 2.24) is 4.98 Å². The molecule has 1 aromatic heterocycles. The number of hydrogen-bond donors (Lipinski definition) is 1. The van der Waals surface area contributed by atoms with Crippen LogP contribution in [0.1, 0.15) is 0 Å². The summed E-state index contributed by atoms with van der Waals surface area (Å²) in [4.78, 5) is 28.2. The number of nitro benzene ring substituents is 1. The van der Waals surface area contributed by atoms with Gasteiger partial charge < -0.3 is 19.9 Å². The number of methoxy groups -OCH3 is 2. The number of rotatable bonds is 7. The maximum absolute atomic E-state index is 12.1. The second kappa shape index (κ2) is 9.33. The van der Waals surface area contributed by atoms with Gasteiger partial charge in [-0.05, 0) is 42.5 Å². The second-order valence-electron chi connectivity index (χ2n) is 7.08. The van der Waals surface area contributed by atoms with Crippen molar-refractivity contribution in [2.24, 2.45) is 5.73 Å². The van der Waals surface area contributed by atoms with Crippen LogP contribution in [0.25, 0.3) is 10.9 Å². The number of nitrogens with two attached hydrogens (primary N) is 1. The van der Waals surface area contributed by atoms with Gasteiger partial charge in [0.1, 0.15) is 11.5 Å². The molecule has 4 rings (SSSR count). The van der Waals surface area contributed by atoms with Crippen LogP contribution < -0.4 is 24.8 Å². The van der Waals surface area contributed by atoms with E-state index < -0.39 is 11.0 Å². The Bertz CT molecular complexity index is 1370. The van der Waals surface area contributed by atoms with Gasteiger partial charge in [-0.15, -0.1) is 0 Å². The summed E-state index contributed by atoms with van der Waals surface area (Å²) in [6, 6.07) is 16.7. The van der Waals surface area contributed by atoms with Gasteiger partial charge in [0.25, 0.3) is 5.69 Å². The van der Waals surface area contributed by atoms with Crippen molar-refractivity contribution < 1.29 is 23.9 Å². The van der Waals surface area contributed by atoms with Crippen molar-refractivity contribution in [3.63, 3.8) is 0 Å². The van der Waals surface area contributed by atoms with Crippen molar-refractivity contribution in [3.8, 4) is 23.0 Å². The summed E-state index contributed by atoms with van der Waals surface area (Å²) in [5.41, 5.74) is 6.77. The fraction of sp³-hybridized carbons (Fsp3) is 0.0833. The van der Waals surface area contributed by atoms with Gasteiger partial charge in [0, 0.05) is 29.8 Å². The van der Waals surface area contributed by atoms with Gasteiger partial charge in [-0.25, -0.2) is 4.79 Å². The Hall–Kier alpha value is -4.86. The van der Waals surface area contributed by atoms with Crippen LogP contribution in [0.15, 0.2) is 72.9 Å². The Morgan fingerprint density at radius 2 is 1.65 bits per heavy atom. The number of hydrogen-bond acceptors (Lipinski definition) is 7. The molecular weight excluding hydrogens is 440 g/mol. The lowest BCUT2D eigenvalue weighted by molar-refractivity contribution is -0.384. The number of primary amides is 1. The topological polar surface area (TPSA) is 130 Å². The average molecular weight is 460 g/mol. The second-order valence-corrected chi connectivity index (χ2v) is 7.08. The molecule has 10 nitrogen and oxygen atoms in total. The highest BCUT2D eigenvalue weighted by Crippen LogP contribution is 2.37. The Morgan fingerprint density at radius 1 is 0.941 bits per heavy atom. The van der Waals surface area contributed by atoms with E-state index in [0.29, 0.717) is 34.2 Å². The number of urea groups is 1. The van der Waals surface area contributed by atoms with Gasteiger partial charge in [0.2, 0.25) is 0 Å². The number of fused-ring (bicyclic) bond motifs is 1. The summed E-state index contributed by atoms with van der Waals surface area (Å²) in [5.74, 6) is 2.13. The number of amides is 2. The number of carbonyl (C=O) groups excluding carboxylic acids is 1. The van der Waals surface area contributed by atoms with Crippen LogP contribution in [0.3, 0.4) is 0 Å². The quantitative estimate of drug-likeness (QED) is 0.297. The molecule has 0 unspecified atom stereocenters. The number of nitrogens with zero attached hydrogens (tertiary/aromatic N) is 3. The highest BCUT2D eigenvalue weighted by molar-refractivity contribution is 5.98. The van der Waals surface area contributed by atoms with E-state index in [0.717, 1.165) is 5.39 Å². The van der Waals surface area contributed by atoms with Crippen LogP contribution in [0.5, 0.6) is 23.0 Å². The van der Waals surface area contributed by atoms with Crippen LogP contribution in [0, 0.1) is 10.1 Å². The molecule has 2 amide bonds. The molecule has 3 aromatic carbocycles. The predicted octanol–water partition coefficient (Wildman–Crippen LogP) is 5.17. The van der Waals surface area contributed by atoms with Crippen molar-refractivity contribution in [2.45, 2.75) is 0 Å². The molecule has 172 valence electrons. The number of ether oxygens (including phenoxy) is 3. The molecule has 2 N–H and O–H groups in total. The van der Waals surface area contributed by atoms with Crippen LogP contribution >= 0.6 is 0 Å². The van der Waals surface area contributed by atoms with Gasteiger partial charge >= 0.3 is 6.03 Å². The van der Waals surface area contributed by atoms with Crippen molar-refractivity contribution >= 4 is 34.0 Å². The number of aromatic nitrogens is 1. The van der Waals surface area contributed by atoms with E-state index in [4.69, 9.17) is 19.9 Å². The molecule has 0 aliphatic rings. The zero-order valence-corrected chi connectivity index (χ0v) is 18.3. The smallest absolute Gasteiger partial charge is 0.323 e. The lowest BCUT2D eigenvalue weighted by Crippen LogP contribution is -2.31. The van der Waals surface area contributed by atoms with E-state index in [-0.39, 0.29) is 11.4 Å². The van der Waals surface area contributed by atoms with Gasteiger partial charge in [0.15, 0.2) is 11.5 Å². The first-order valence-electron chi connectivity index (χ1n) is 10.0. The SMILES string of the molecule is COc1cc2nccc(Oc3ccc(N(C(N)=O)c4cccc([N+](=O)[O-])c4)cc3)c2cc1OC. The Kier molecular flexibility index (Phi) is 6.13. The van der Waals surface area contributed by atoms with Crippen LogP contribution in [-0.2, 0) is 0 Å². The number of pyridine rings is 1. The third kappa shape index (κ3) is 4.37. The van der Waals surface area contributed by atoms with Crippen LogP contribution in [0.2, 0.25) is 0 Å². The molecule has 0 bridgehead atoms. The summed E-state index contributed by atoms with van der Waals surface area (Å²) in [7, 11) is 3.10. The van der Waals surface area contributed by atoms with E-state index in [9.17, 15) is 14.9 Å². The van der Waals surface area contributed by atoms with E-state index in [1.807, 2.05) is 0 Å².